The molecule has 1 saturated heterocycles. The molecule has 2 aromatic heterocycles. The lowest BCUT2D eigenvalue weighted by Crippen LogP contribution is -2.37. The van der Waals surface area contributed by atoms with Gasteiger partial charge in [-0.3, -0.25) is 14.6 Å². The lowest BCUT2D eigenvalue weighted by atomic mass is 10.1. The van der Waals surface area contributed by atoms with Gasteiger partial charge in [0.2, 0.25) is 0 Å². The van der Waals surface area contributed by atoms with Gasteiger partial charge in [0.05, 0.1) is 56.6 Å². The molecule has 0 radical (unpaired) electrons. The van der Waals surface area contributed by atoms with E-state index in [2.05, 4.69) is 32.0 Å². The van der Waals surface area contributed by atoms with Crippen molar-refractivity contribution < 1.29 is 14.2 Å². The highest BCUT2D eigenvalue weighted by atomic mass is 16.5. The van der Waals surface area contributed by atoms with Gasteiger partial charge in [-0.1, -0.05) is 0 Å². The van der Waals surface area contributed by atoms with Crippen LogP contribution in [0.4, 0.5) is 11.4 Å². The van der Waals surface area contributed by atoms with E-state index in [1.165, 1.54) is 0 Å². The molecule has 0 spiro atoms. The lowest BCUT2D eigenvalue weighted by molar-refractivity contribution is 0.0377. The van der Waals surface area contributed by atoms with Crippen LogP contribution in [-0.2, 0) is 11.8 Å². The van der Waals surface area contributed by atoms with Gasteiger partial charge in [0.25, 0.3) is 0 Å². The summed E-state index contributed by atoms with van der Waals surface area (Å²) in [5.74, 6) is 1.50. The summed E-state index contributed by atoms with van der Waals surface area (Å²) in [7, 11) is 5.24. The predicted molar refractivity (Wildman–Crippen MR) is 140 cm³/mol. The zero-order valence-corrected chi connectivity index (χ0v) is 21.1. The maximum atomic E-state index is 5.56. The first-order valence-corrected chi connectivity index (χ1v) is 12.2. The summed E-state index contributed by atoms with van der Waals surface area (Å²) in [6, 6.07) is 12.2. The molecule has 0 amide bonds. The molecule has 0 unspecified atom stereocenters. The van der Waals surface area contributed by atoms with E-state index in [9.17, 15) is 0 Å². The molecule has 0 aliphatic carbocycles. The Bertz CT molecular complexity index is 1300. The predicted octanol–water partition coefficient (Wildman–Crippen LogP) is 3.91. The van der Waals surface area contributed by atoms with E-state index >= 15 is 0 Å². The van der Waals surface area contributed by atoms with E-state index in [-0.39, 0.29) is 0 Å². The average molecular weight is 489 g/mol. The van der Waals surface area contributed by atoms with Gasteiger partial charge >= 0.3 is 0 Å². The zero-order valence-electron chi connectivity index (χ0n) is 21.1. The van der Waals surface area contributed by atoms with Gasteiger partial charge in [-0.2, -0.15) is 5.10 Å². The Morgan fingerprint density at radius 2 is 1.72 bits per heavy atom. The van der Waals surface area contributed by atoms with Gasteiger partial charge < -0.3 is 19.1 Å². The smallest absolute Gasteiger partial charge is 0.124 e. The van der Waals surface area contributed by atoms with Crippen molar-refractivity contribution in [2.45, 2.75) is 6.42 Å². The highest BCUT2D eigenvalue weighted by molar-refractivity contribution is 5.82. The first-order chi connectivity index (χ1) is 17.6. The van der Waals surface area contributed by atoms with Crippen LogP contribution in [0.15, 0.2) is 55.0 Å². The van der Waals surface area contributed by atoms with E-state index < -0.39 is 0 Å². The molecule has 1 aliphatic heterocycles. The fourth-order valence-electron chi connectivity index (χ4n) is 4.49. The molecule has 1 aliphatic rings. The molecule has 0 bridgehead atoms. The maximum absolute atomic E-state index is 5.56. The second-order valence-corrected chi connectivity index (χ2v) is 8.86. The summed E-state index contributed by atoms with van der Waals surface area (Å²) in [4.78, 5) is 14.3. The number of aryl methyl sites for hydroxylation is 1. The van der Waals surface area contributed by atoms with Gasteiger partial charge in [0.1, 0.15) is 11.5 Å². The topological polar surface area (TPSA) is 77.8 Å². The first kappa shape index (κ1) is 24.0. The second kappa shape index (κ2) is 10.9. The Kier molecular flexibility index (Phi) is 7.29. The van der Waals surface area contributed by atoms with E-state index in [1.807, 2.05) is 37.5 Å². The highest BCUT2D eigenvalue weighted by Gasteiger charge is 2.16. The summed E-state index contributed by atoms with van der Waals surface area (Å²) in [5, 5.41) is 4.27. The molecule has 1 fully saturated rings. The quantitative estimate of drug-likeness (QED) is 0.351. The normalized spacial score (nSPS) is 14.2. The van der Waals surface area contributed by atoms with E-state index in [1.54, 1.807) is 31.3 Å². The van der Waals surface area contributed by atoms with Crippen molar-refractivity contribution in [2.24, 2.45) is 7.05 Å². The Balaban J connectivity index is 1.48. The number of ether oxygens (including phenoxy) is 3. The molecule has 2 aromatic carbocycles. The van der Waals surface area contributed by atoms with E-state index in [4.69, 9.17) is 19.2 Å². The van der Waals surface area contributed by atoms with Gasteiger partial charge in [0.15, 0.2) is 0 Å². The monoisotopic (exact) mass is 488 g/mol. The third-order valence-corrected chi connectivity index (χ3v) is 6.45. The van der Waals surface area contributed by atoms with Crippen LogP contribution in [0, 0.1) is 0 Å². The Hall–Kier alpha value is -3.69. The fourth-order valence-corrected chi connectivity index (χ4v) is 4.49. The first-order valence-electron chi connectivity index (χ1n) is 12.2. The molecule has 3 heterocycles. The van der Waals surface area contributed by atoms with Crippen LogP contribution in [0.3, 0.4) is 0 Å². The van der Waals surface area contributed by atoms with Crippen molar-refractivity contribution in [3.05, 3.63) is 55.0 Å². The third-order valence-electron chi connectivity index (χ3n) is 6.45. The summed E-state index contributed by atoms with van der Waals surface area (Å²) >= 11 is 0. The minimum Gasteiger partial charge on any atom is -0.497 e. The maximum Gasteiger partial charge on any atom is 0.124 e. The van der Waals surface area contributed by atoms with Gasteiger partial charge in [0, 0.05) is 74.6 Å². The number of nitrogens with zero attached hydrogens (tertiary/aromatic N) is 6. The van der Waals surface area contributed by atoms with Crippen LogP contribution in [0.1, 0.15) is 6.42 Å². The number of fused-ring (bicyclic) bond motifs is 1. The molecular formula is C27H32N6O3. The van der Waals surface area contributed by atoms with Gasteiger partial charge in [-0.25, -0.2) is 4.98 Å². The van der Waals surface area contributed by atoms with Crippen LogP contribution >= 0.6 is 0 Å². The Morgan fingerprint density at radius 3 is 2.42 bits per heavy atom. The molecule has 0 N–H and O–H groups in total. The number of anilines is 2. The van der Waals surface area contributed by atoms with Crippen LogP contribution in [-0.4, -0.2) is 78.3 Å². The SMILES string of the molecule is COc1cc(OC)cc(N(CCCN2CCOCC2)c2ccc3ncc(-c4cnn(C)c4)nc3c2)c1. The van der Waals surface area contributed by atoms with E-state index in [0.717, 1.165) is 91.0 Å². The summed E-state index contributed by atoms with van der Waals surface area (Å²) in [5.41, 5.74) is 5.47. The number of methoxy groups -OCH3 is 2. The molecule has 9 nitrogen and oxygen atoms in total. The van der Waals surface area contributed by atoms with E-state index in [0.29, 0.717) is 0 Å². The Morgan fingerprint density at radius 1 is 0.944 bits per heavy atom. The van der Waals surface area contributed by atoms with Crippen molar-refractivity contribution in [2.75, 3.05) is 58.5 Å². The molecule has 9 heteroatoms. The number of hydrogen-bond acceptors (Lipinski definition) is 8. The minimum absolute atomic E-state index is 0.752. The number of hydrogen-bond donors (Lipinski definition) is 0. The summed E-state index contributed by atoms with van der Waals surface area (Å²) < 4.78 is 18.4. The number of rotatable bonds is 9. The van der Waals surface area contributed by atoms with Crippen LogP contribution in [0.25, 0.3) is 22.3 Å². The number of aromatic nitrogens is 4. The van der Waals surface area contributed by atoms with Crippen molar-refractivity contribution in [3.63, 3.8) is 0 Å². The second-order valence-electron chi connectivity index (χ2n) is 8.86. The summed E-state index contributed by atoms with van der Waals surface area (Å²) in [6.45, 7) is 5.42. The molecule has 36 heavy (non-hydrogen) atoms. The minimum atomic E-state index is 0.752. The fraction of sp³-hybridized carbons (Fsp3) is 0.370. The summed E-state index contributed by atoms with van der Waals surface area (Å²) in [6.07, 6.45) is 6.55. The standard InChI is InChI=1S/C27H32N6O3/c1-31-19-20(17-29-31)27-18-28-25-6-5-21(15-26(25)30-27)33(8-4-7-32-9-11-36-12-10-32)22-13-23(34-2)16-24(14-22)35-3/h5-6,13-19H,4,7-12H2,1-3H3. The molecule has 0 saturated carbocycles. The van der Waals surface area contributed by atoms with Crippen LogP contribution < -0.4 is 14.4 Å². The van der Waals surface area contributed by atoms with Crippen molar-refractivity contribution in [1.82, 2.24) is 24.6 Å². The molecule has 4 aromatic rings. The van der Waals surface area contributed by atoms with Crippen molar-refractivity contribution >= 4 is 22.4 Å². The van der Waals surface area contributed by atoms with Gasteiger partial charge in [-0.05, 0) is 24.6 Å². The largest absolute Gasteiger partial charge is 0.497 e. The molecule has 5 rings (SSSR count). The molecular weight excluding hydrogens is 456 g/mol. The average Bonchev–Trinajstić information content (AvgIpc) is 3.37. The van der Waals surface area contributed by atoms with Crippen LogP contribution in [0.2, 0.25) is 0 Å². The molecule has 188 valence electrons. The third kappa shape index (κ3) is 5.42. The van der Waals surface area contributed by atoms with Gasteiger partial charge in [-0.15, -0.1) is 0 Å². The lowest BCUT2D eigenvalue weighted by Gasteiger charge is -2.29. The number of morpholine rings is 1. The van der Waals surface area contributed by atoms with Crippen molar-refractivity contribution in [1.29, 1.82) is 0 Å². The highest BCUT2D eigenvalue weighted by Crippen LogP contribution is 2.34. The van der Waals surface area contributed by atoms with Crippen molar-refractivity contribution in [3.8, 4) is 22.8 Å². The zero-order chi connectivity index (χ0) is 24.9. The van der Waals surface area contributed by atoms with Crippen LogP contribution in [0.5, 0.6) is 11.5 Å². The molecule has 0 atom stereocenters. The Labute approximate surface area is 211 Å². The number of benzene rings is 2.